The molecule has 7 N–H and O–H groups in total. The van der Waals surface area contributed by atoms with E-state index in [9.17, 15) is 23.7 Å². The lowest BCUT2D eigenvalue weighted by Gasteiger charge is -2.28. The minimum absolute atomic E-state index is 0.146. The van der Waals surface area contributed by atoms with Crippen molar-refractivity contribution in [1.82, 2.24) is 19.6 Å². The number of esters is 1. The fraction of sp³-hybridized carbons (Fsp3) is 0.400. The topological polar surface area (TPSA) is 206 Å². The average Bonchev–Trinajstić information content (AvgIpc) is 3.36. The molecule has 0 spiro atoms. The maximum atomic E-state index is 14.8. The Bertz CT molecular complexity index is 1630. The van der Waals surface area contributed by atoms with Gasteiger partial charge >= 0.3 is 13.7 Å². The highest BCUT2D eigenvalue weighted by atomic mass is 35.5. The summed E-state index contributed by atoms with van der Waals surface area (Å²) in [5.74, 6) is 0.599. The number of fused-ring (bicyclic) bond motifs is 1. The van der Waals surface area contributed by atoms with Crippen LogP contribution in [0, 0.1) is 17.1 Å². The lowest BCUT2D eigenvalue weighted by molar-refractivity contribution is -0.149. The number of nitrogens with two attached hydrogens (primary N) is 2. The van der Waals surface area contributed by atoms with Gasteiger partial charge in [0, 0.05) is 11.6 Å². The molecule has 3 unspecified atom stereocenters. The number of benzene rings is 1. The number of aliphatic hydroxyl groups excluding tert-OH is 1. The first-order valence-electron chi connectivity index (χ1n) is 12.6. The van der Waals surface area contributed by atoms with E-state index in [1.54, 1.807) is 32.0 Å². The Hall–Kier alpha value is -3.48. The number of nitrogen functional groups attached to an aromatic ring is 1. The molecule has 3 aromatic rings. The molecule has 14 nitrogen and oxygen atoms in total. The number of halogens is 2. The molecule has 0 bridgehead atoms. The molecule has 1 saturated heterocycles. The molecule has 42 heavy (non-hydrogen) atoms. The number of hydrogen-bond donors (Lipinski definition) is 5. The first kappa shape index (κ1) is 31.5. The molecule has 6 atom stereocenters. The van der Waals surface area contributed by atoms with Gasteiger partial charge in [0.05, 0.1) is 12.7 Å². The van der Waals surface area contributed by atoms with Gasteiger partial charge in [-0.05, 0) is 44.5 Å². The van der Waals surface area contributed by atoms with Crippen LogP contribution < -0.4 is 26.6 Å². The average molecular weight is 627 g/mol. The van der Waals surface area contributed by atoms with E-state index in [0.717, 1.165) is 10.8 Å². The molecule has 226 valence electrons. The highest BCUT2D eigenvalue weighted by Gasteiger charge is 2.55. The number of aromatic nitrogens is 3. The summed E-state index contributed by atoms with van der Waals surface area (Å²) < 4.78 is 52.0. The van der Waals surface area contributed by atoms with Gasteiger partial charge in [0.2, 0.25) is 5.95 Å². The second-order valence-corrected chi connectivity index (χ2v) is 11.6. The van der Waals surface area contributed by atoms with Crippen molar-refractivity contribution < 1.29 is 37.4 Å². The first-order chi connectivity index (χ1) is 19.8. The van der Waals surface area contributed by atoms with Crippen molar-refractivity contribution in [3.05, 3.63) is 52.7 Å². The summed E-state index contributed by atoms with van der Waals surface area (Å²) in [7, 11) is -4.36. The fourth-order valence-corrected chi connectivity index (χ4v) is 5.93. The van der Waals surface area contributed by atoms with Crippen LogP contribution >= 0.6 is 19.3 Å². The molecule has 1 aliphatic heterocycles. The number of H-pyrrole nitrogens is 1. The molecular weight excluding hydrogens is 598 g/mol. The van der Waals surface area contributed by atoms with Gasteiger partial charge in [-0.3, -0.25) is 23.7 Å². The summed E-state index contributed by atoms with van der Waals surface area (Å²) >= 11 is 5.64. The maximum absolute atomic E-state index is 14.8. The van der Waals surface area contributed by atoms with Crippen LogP contribution in [0.25, 0.3) is 11.0 Å². The number of nitrogens with zero attached hydrogens (tertiary/aromatic N) is 2. The van der Waals surface area contributed by atoms with E-state index < -0.39 is 73.2 Å². The van der Waals surface area contributed by atoms with E-state index in [-0.39, 0.29) is 17.3 Å². The van der Waals surface area contributed by atoms with Crippen molar-refractivity contribution >= 4 is 42.3 Å². The molecule has 17 heteroatoms. The third-order valence-electron chi connectivity index (χ3n) is 6.16. The zero-order chi connectivity index (χ0) is 30.8. The minimum Gasteiger partial charge on any atom is -0.462 e. The number of hydrogen-bond acceptors (Lipinski definition) is 11. The third kappa shape index (κ3) is 6.45. The number of aromatic amines is 1. The Kier molecular flexibility index (Phi) is 9.29. The van der Waals surface area contributed by atoms with Crippen molar-refractivity contribution in [3.8, 4) is 17.0 Å². The van der Waals surface area contributed by atoms with Gasteiger partial charge in [0.15, 0.2) is 23.2 Å². The number of nitrogens with one attached hydrogen (secondary N) is 2. The molecule has 0 radical (unpaired) electrons. The van der Waals surface area contributed by atoms with Crippen LogP contribution in [-0.4, -0.2) is 62.1 Å². The standard InChI is InChI=1S/C25H29ClFN6O8P/c1-13(2)39-22(36)14(3)32-42(37,41-15-7-5-4-6-8-15)38-12-17-19(34)25(29,9-10-26)23(40-17)33-11-16(27)18-20(33)30-24(28)31-21(18)35/h4-8,11,13-14,17,19,23,34H,12,29H2,1-3H3,(H,32,37)(H3,28,30,31,35)/t14-,17+,19?,23+,25?,42?/m0/s1. The Morgan fingerprint density at radius 3 is 2.71 bits per heavy atom. The van der Waals surface area contributed by atoms with Crippen molar-refractivity contribution in [1.29, 1.82) is 0 Å². The molecule has 1 aliphatic rings. The highest BCUT2D eigenvalue weighted by molar-refractivity contribution is 7.52. The minimum atomic E-state index is -4.36. The van der Waals surface area contributed by atoms with Gasteiger partial charge < -0.3 is 30.6 Å². The summed E-state index contributed by atoms with van der Waals surface area (Å²) in [4.78, 5) is 30.9. The Labute approximate surface area is 244 Å². The van der Waals surface area contributed by atoms with Crippen molar-refractivity contribution in [2.75, 3.05) is 12.3 Å². The van der Waals surface area contributed by atoms with Gasteiger partial charge in [-0.1, -0.05) is 24.1 Å². The van der Waals surface area contributed by atoms with Gasteiger partial charge in [0.1, 0.15) is 29.4 Å². The first-order valence-corrected chi connectivity index (χ1v) is 14.5. The van der Waals surface area contributed by atoms with E-state index in [1.807, 2.05) is 0 Å². The van der Waals surface area contributed by atoms with Crippen LogP contribution in [0.2, 0.25) is 0 Å². The van der Waals surface area contributed by atoms with Gasteiger partial charge in [-0.2, -0.15) is 10.1 Å². The Balaban J connectivity index is 1.64. The van der Waals surface area contributed by atoms with Gasteiger partial charge in [-0.15, -0.1) is 0 Å². The fourth-order valence-electron chi connectivity index (χ4n) is 4.26. The number of rotatable bonds is 10. The van der Waals surface area contributed by atoms with Gasteiger partial charge in [0.25, 0.3) is 5.56 Å². The zero-order valence-corrected chi connectivity index (χ0v) is 24.3. The van der Waals surface area contributed by atoms with Crippen molar-refractivity contribution in [3.63, 3.8) is 0 Å². The summed E-state index contributed by atoms with van der Waals surface area (Å²) in [5, 5.41) is 15.4. The second-order valence-electron chi connectivity index (χ2n) is 9.69. The van der Waals surface area contributed by atoms with Gasteiger partial charge in [-0.25, -0.2) is 8.96 Å². The van der Waals surface area contributed by atoms with E-state index in [0.29, 0.717) is 0 Å². The number of aliphatic hydroxyl groups is 1. The second kappa shape index (κ2) is 12.4. The Morgan fingerprint density at radius 1 is 1.38 bits per heavy atom. The van der Waals surface area contributed by atoms with Crippen LogP contribution in [0.1, 0.15) is 27.0 Å². The SMILES string of the molecule is CC(C)OC(=O)[C@H](C)NP(=O)(OC[C@H]1O[C@@H](n2cc(F)c3c(=O)[nH]c(N)nc32)C(N)(C#CCl)C1O)Oc1ccccc1. The van der Waals surface area contributed by atoms with E-state index in [2.05, 4.69) is 26.4 Å². The lowest BCUT2D eigenvalue weighted by Crippen LogP contribution is -2.53. The third-order valence-corrected chi connectivity index (χ3v) is 7.90. The van der Waals surface area contributed by atoms with Crippen LogP contribution in [0.15, 0.2) is 41.3 Å². The largest absolute Gasteiger partial charge is 0.462 e. The molecule has 1 aromatic carbocycles. The smallest absolute Gasteiger partial charge is 0.459 e. The molecule has 0 amide bonds. The monoisotopic (exact) mass is 626 g/mol. The van der Waals surface area contributed by atoms with Crippen LogP contribution in [0.4, 0.5) is 10.3 Å². The Morgan fingerprint density at radius 2 is 2.07 bits per heavy atom. The van der Waals surface area contributed by atoms with E-state index >= 15 is 0 Å². The molecule has 2 aromatic heterocycles. The van der Waals surface area contributed by atoms with E-state index in [4.69, 9.17) is 41.6 Å². The van der Waals surface area contributed by atoms with Crippen molar-refractivity contribution in [2.24, 2.45) is 5.73 Å². The number of anilines is 1. The van der Waals surface area contributed by atoms with Crippen LogP contribution in [0.3, 0.4) is 0 Å². The number of ether oxygens (including phenoxy) is 2. The molecule has 3 heterocycles. The molecule has 1 fully saturated rings. The number of para-hydroxylation sites is 1. The number of carbonyl (C=O) groups excluding carboxylic acids is 1. The predicted octanol–water partition coefficient (Wildman–Crippen LogP) is 1.73. The number of carbonyl (C=O) groups is 1. The quantitative estimate of drug-likeness (QED) is 0.124. The van der Waals surface area contributed by atoms with E-state index in [1.165, 1.54) is 19.1 Å². The normalized spacial score (nSPS) is 24.1. The van der Waals surface area contributed by atoms with Crippen LogP contribution in [-0.2, 0) is 23.4 Å². The summed E-state index contributed by atoms with van der Waals surface area (Å²) in [6.07, 6.45) is -4.05. The molecular formula is C25H29ClFN6O8P. The highest BCUT2D eigenvalue weighted by Crippen LogP contribution is 2.47. The lowest BCUT2D eigenvalue weighted by atomic mass is 9.92. The molecule has 0 aliphatic carbocycles. The van der Waals surface area contributed by atoms with Crippen LogP contribution in [0.5, 0.6) is 5.75 Å². The summed E-state index contributed by atoms with van der Waals surface area (Å²) in [6, 6.07) is 6.86. The summed E-state index contributed by atoms with van der Waals surface area (Å²) in [6.45, 7) is 4.08. The maximum Gasteiger partial charge on any atom is 0.459 e. The van der Waals surface area contributed by atoms with Crippen molar-refractivity contribution in [2.45, 2.75) is 56.9 Å². The zero-order valence-electron chi connectivity index (χ0n) is 22.6. The molecule has 0 saturated carbocycles. The summed E-state index contributed by atoms with van der Waals surface area (Å²) in [5.41, 5.74) is 8.99. The molecule has 4 rings (SSSR count). The predicted molar refractivity (Wildman–Crippen MR) is 150 cm³/mol.